The lowest BCUT2D eigenvalue weighted by Gasteiger charge is -2.08. The van der Waals surface area contributed by atoms with E-state index in [0.29, 0.717) is 19.6 Å². The van der Waals surface area contributed by atoms with Crippen molar-refractivity contribution in [3.63, 3.8) is 0 Å². The topological polar surface area (TPSA) is 63.2 Å². The van der Waals surface area contributed by atoms with Gasteiger partial charge >= 0.3 is 0 Å². The predicted molar refractivity (Wildman–Crippen MR) is 79.7 cm³/mol. The molecular formula is C15H19N3O2. The second-order valence-electron chi connectivity index (χ2n) is 4.42. The highest BCUT2D eigenvalue weighted by atomic mass is 16.5. The third-order valence-electron chi connectivity index (χ3n) is 2.92. The maximum absolute atomic E-state index is 11.9. The number of nitrogens with one attached hydrogen (secondary N) is 2. The second kappa shape index (κ2) is 7.57. The minimum Gasteiger partial charge on any atom is -0.383 e. The monoisotopic (exact) mass is 273 g/mol. The molecule has 0 aliphatic heterocycles. The van der Waals surface area contributed by atoms with Crippen molar-refractivity contribution in [2.45, 2.75) is 6.42 Å². The van der Waals surface area contributed by atoms with Crippen molar-refractivity contribution in [2.75, 3.05) is 32.1 Å². The van der Waals surface area contributed by atoms with Crippen molar-refractivity contribution in [3.05, 3.63) is 36.5 Å². The first-order chi connectivity index (χ1) is 9.81. The molecule has 0 aliphatic rings. The van der Waals surface area contributed by atoms with E-state index in [4.69, 9.17) is 4.74 Å². The highest BCUT2D eigenvalue weighted by Crippen LogP contribution is 2.20. The molecule has 2 rings (SSSR count). The lowest BCUT2D eigenvalue weighted by molar-refractivity contribution is -0.116. The van der Waals surface area contributed by atoms with Crippen LogP contribution in [0.15, 0.2) is 36.5 Å². The van der Waals surface area contributed by atoms with Gasteiger partial charge in [-0.25, -0.2) is 0 Å². The molecule has 0 spiro atoms. The van der Waals surface area contributed by atoms with Gasteiger partial charge in [-0.15, -0.1) is 0 Å². The summed E-state index contributed by atoms with van der Waals surface area (Å²) in [5, 5.41) is 7.06. The van der Waals surface area contributed by atoms with Gasteiger partial charge in [-0.05, 0) is 12.1 Å². The van der Waals surface area contributed by atoms with Crippen molar-refractivity contribution in [1.82, 2.24) is 10.3 Å². The van der Waals surface area contributed by atoms with Crippen LogP contribution in [-0.2, 0) is 9.53 Å². The smallest absolute Gasteiger partial charge is 0.225 e. The van der Waals surface area contributed by atoms with Gasteiger partial charge in [-0.2, -0.15) is 0 Å². The van der Waals surface area contributed by atoms with E-state index in [1.807, 2.05) is 30.3 Å². The third kappa shape index (κ3) is 4.01. The van der Waals surface area contributed by atoms with Crippen LogP contribution in [0.5, 0.6) is 0 Å². The molecule has 0 radical (unpaired) electrons. The van der Waals surface area contributed by atoms with Gasteiger partial charge in [0.05, 0.1) is 17.8 Å². The van der Waals surface area contributed by atoms with E-state index in [2.05, 4.69) is 15.6 Å². The van der Waals surface area contributed by atoms with E-state index in [1.165, 1.54) is 0 Å². The van der Waals surface area contributed by atoms with Crippen LogP contribution in [0.4, 0.5) is 5.69 Å². The summed E-state index contributed by atoms with van der Waals surface area (Å²) in [5.74, 6) is -0.0203. The van der Waals surface area contributed by atoms with Crippen molar-refractivity contribution in [2.24, 2.45) is 0 Å². The summed E-state index contributed by atoms with van der Waals surface area (Å²) in [6.45, 7) is 2.03. The first kappa shape index (κ1) is 14.4. The van der Waals surface area contributed by atoms with E-state index in [-0.39, 0.29) is 5.91 Å². The molecule has 1 amide bonds. The Morgan fingerprint density at radius 1 is 1.25 bits per heavy atom. The SMILES string of the molecule is COCCNCCC(=O)Nc1cccc2cccnc12. The number of para-hydroxylation sites is 1. The highest BCUT2D eigenvalue weighted by molar-refractivity contribution is 6.00. The number of nitrogens with zero attached hydrogens (tertiary/aromatic N) is 1. The Morgan fingerprint density at radius 2 is 2.10 bits per heavy atom. The van der Waals surface area contributed by atoms with Crippen LogP contribution in [0.3, 0.4) is 0 Å². The number of hydrogen-bond acceptors (Lipinski definition) is 4. The summed E-state index contributed by atoms with van der Waals surface area (Å²) in [4.78, 5) is 16.2. The minimum absolute atomic E-state index is 0.0203. The molecule has 1 aromatic heterocycles. The summed E-state index contributed by atoms with van der Waals surface area (Å²) < 4.78 is 4.92. The number of hydrogen-bond donors (Lipinski definition) is 2. The number of fused-ring (bicyclic) bond motifs is 1. The molecule has 5 nitrogen and oxygen atoms in total. The number of pyridine rings is 1. The van der Waals surface area contributed by atoms with Crippen molar-refractivity contribution in [1.29, 1.82) is 0 Å². The van der Waals surface area contributed by atoms with Crippen molar-refractivity contribution in [3.8, 4) is 0 Å². The standard InChI is InChI=1S/C15H19N3O2/c1-20-11-10-16-9-7-14(19)18-13-6-2-4-12-5-3-8-17-15(12)13/h2-6,8,16H,7,9-11H2,1H3,(H,18,19). The number of ether oxygens (including phenoxy) is 1. The molecular weight excluding hydrogens is 254 g/mol. The molecule has 0 saturated carbocycles. The Morgan fingerprint density at radius 3 is 2.95 bits per heavy atom. The summed E-state index contributed by atoms with van der Waals surface area (Å²) in [5.41, 5.74) is 1.57. The number of anilines is 1. The lowest BCUT2D eigenvalue weighted by Crippen LogP contribution is -2.24. The predicted octanol–water partition coefficient (Wildman–Crippen LogP) is 1.80. The van der Waals surface area contributed by atoms with Gasteiger partial charge in [0.2, 0.25) is 5.91 Å². The number of carbonyl (C=O) groups is 1. The number of carbonyl (C=O) groups excluding carboxylic acids is 1. The third-order valence-corrected chi connectivity index (χ3v) is 2.92. The molecule has 20 heavy (non-hydrogen) atoms. The molecule has 0 aliphatic carbocycles. The molecule has 0 fully saturated rings. The summed E-state index contributed by atoms with van der Waals surface area (Å²) in [6.07, 6.45) is 2.15. The first-order valence-corrected chi connectivity index (χ1v) is 6.64. The molecule has 0 unspecified atom stereocenters. The van der Waals surface area contributed by atoms with E-state index in [0.717, 1.165) is 23.1 Å². The number of methoxy groups -OCH3 is 1. The van der Waals surface area contributed by atoms with Crippen LogP contribution in [0.1, 0.15) is 6.42 Å². The van der Waals surface area contributed by atoms with Gasteiger partial charge in [0.25, 0.3) is 0 Å². The average molecular weight is 273 g/mol. The largest absolute Gasteiger partial charge is 0.383 e. The Kier molecular flexibility index (Phi) is 5.46. The fourth-order valence-corrected chi connectivity index (χ4v) is 1.92. The average Bonchev–Trinajstić information content (AvgIpc) is 2.47. The fraction of sp³-hybridized carbons (Fsp3) is 0.333. The van der Waals surface area contributed by atoms with Gasteiger partial charge in [0.1, 0.15) is 0 Å². The molecule has 1 aromatic carbocycles. The van der Waals surface area contributed by atoms with Gasteiger partial charge in [0, 0.05) is 38.2 Å². The van der Waals surface area contributed by atoms with Crippen LogP contribution in [-0.4, -0.2) is 37.7 Å². The zero-order chi connectivity index (χ0) is 14.2. The Hall–Kier alpha value is -1.98. The van der Waals surface area contributed by atoms with Crippen LogP contribution in [0.2, 0.25) is 0 Å². The minimum atomic E-state index is -0.0203. The lowest BCUT2D eigenvalue weighted by atomic mass is 10.2. The van der Waals surface area contributed by atoms with Gasteiger partial charge in [0.15, 0.2) is 0 Å². The van der Waals surface area contributed by atoms with Crippen molar-refractivity contribution < 1.29 is 9.53 Å². The summed E-state index contributed by atoms with van der Waals surface area (Å²) in [6, 6.07) is 9.62. The molecule has 0 saturated heterocycles. The first-order valence-electron chi connectivity index (χ1n) is 6.64. The van der Waals surface area contributed by atoms with Crippen LogP contribution < -0.4 is 10.6 Å². The Bertz CT molecular complexity index is 567. The van der Waals surface area contributed by atoms with Gasteiger partial charge < -0.3 is 15.4 Å². The van der Waals surface area contributed by atoms with E-state index >= 15 is 0 Å². The quantitative estimate of drug-likeness (QED) is 0.755. The second-order valence-corrected chi connectivity index (χ2v) is 4.42. The Labute approximate surface area is 118 Å². The number of benzene rings is 1. The number of aromatic nitrogens is 1. The van der Waals surface area contributed by atoms with E-state index < -0.39 is 0 Å². The number of rotatable bonds is 7. The zero-order valence-electron chi connectivity index (χ0n) is 11.6. The maximum Gasteiger partial charge on any atom is 0.225 e. The normalized spacial score (nSPS) is 10.7. The van der Waals surface area contributed by atoms with E-state index in [1.54, 1.807) is 13.3 Å². The molecule has 2 N–H and O–H groups in total. The highest BCUT2D eigenvalue weighted by Gasteiger charge is 2.05. The molecule has 5 heteroatoms. The molecule has 2 aromatic rings. The summed E-state index contributed by atoms with van der Waals surface area (Å²) >= 11 is 0. The van der Waals surface area contributed by atoms with E-state index in [9.17, 15) is 4.79 Å². The molecule has 0 bridgehead atoms. The maximum atomic E-state index is 11.9. The van der Waals surface area contributed by atoms with Crippen LogP contribution in [0.25, 0.3) is 10.9 Å². The van der Waals surface area contributed by atoms with Gasteiger partial charge in [-0.1, -0.05) is 18.2 Å². The zero-order valence-corrected chi connectivity index (χ0v) is 11.6. The molecule has 106 valence electrons. The van der Waals surface area contributed by atoms with Crippen LogP contribution in [0, 0.1) is 0 Å². The summed E-state index contributed by atoms with van der Waals surface area (Å²) in [7, 11) is 1.65. The van der Waals surface area contributed by atoms with Gasteiger partial charge in [-0.3, -0.25) is 9.78 Å². The Balaban J connectivity index is 1.90. The van der Waals surface area contributed by atoms with Crippen LogP contribution >= 0.6 is 0 Å². The molecule has 0 atom stereocenters. The molecule has 1 heterocycles. The number of amides is 1. The van der Waals surface area contributed by atoms with Crippen molar-refractivity contribution >= 4 is 22.5 Å². The fourth-order valence-electron chi connectivity index (χ4n) is 1.92.